The third-order valence-corrected chi connectivity index (χ3v) is 6.86. The van der Waals surface area contributed by atoms with Crippen molar-refractivity contribution >= 4 is 13.3 Å². The molecule has 0 radical (unpaired) electrons. The van der Waals surface area contributed by atoms with Crippen molar-refractivity contribution in [2.45, 2.75) is 45.8 Å². The molecule has 3 rings (SSSR count). The fraction of sp³-hybridized carbons (Fsp3) is 0.292. The molecule has 2 aromatic carbocycles. The predicted octanol–water partition coefficient (Wildman–Crippen LogP) is 6.26. The molecule has 1 nitrogen and oxygen atoms in total. The van der Waals surface area contributed by atoms with E-state index in [1.54, 1.807) is 0 Å². The van der Waals surface area contributed by atoms with Gasteiger partial charge in [0.05, 0.1) is 13.8 Å². The first kappa shape index (κ1) is 18.6. The van der Waals surface area contributed by atoms with Crippen LogP contribution in [0.4, 0.5) is 0 Å². The Morgan fingerprint density at radius 2 is 1.38 bits per heavy atom. The van der Waals surface area contributed by atoms with Gasteiger partial charge in [0.25, 0.3) is 0 Å². The Bertz CT molecular complexity index is 882. The van der Waals surface area contributed by atoms with Crippen molar-refractivity contribution < 1.29 is 0 Å². The SMILES string of the molecule is CC(C)(C)c1ccc(-c2cc(-c3ccccc3)ncc2[Si](C)(C)C)cc1. The molecule has 0 N–H and O–H groups in total. The molecule has 1 aromatic heterocycles. The van der Waals surface area contributed by atoms with Crippen LogP contribution < -0.4 is 5.19 Å². The minimum Gasteiger partial charge on any atom is -0.256 e. The van der Waals surface area contributed by atoms with Gasteiger partial charge in [-0.2, -0.15) is 0 Å². The van der Waals surface area contributed by atoms with Crippen molar-refractivity contribution in [1.29, 1.82) is 0 Å². The van der Waals surface area contributed by atoms with Crippen LogP contribution in [-0.2, 0) is 5.41 Å². The highest BCUT2D eigenvalue weighted by Crippen LogP contribution is 2.28. The van der Waals surface area contributed by atoms with E-state index in [4.69, 9.17) is 4.98 Å². The van der Waals surface area contributed by atoms with Crippen LogP contribution in [0, 0.1) is 0 Å². The number of pyridine rings is 1. The lowest BCUT2D eigenvalue weighted by atomic mass is 9.86. The molecular formula is C24H29NSi. The van der Waals surface area contributed by atoms with Crippen LogP contribution in [0.25, 0.3) is 22.4 Å². The van der Waals surface area contributed by atoms with Crippen LogP contribution in [0.5, 0.6) is 0 Å². The smallest absolute Gasteiger partial charge is 0.0804 e. The normalized spacial score (nSPS) is 12.2. The molecule has 3 aromatic rings. The lowest BCUT2D eigenvalue weighted by Gasteiger charge is -2.23. The molecule has 0 amide bonds. The number of nitrogens with zero attached hydrogens (tertiary/aromatic N) is 1. The maximum atomic E-state index is 4.79. The monoisotopic (exact) mass is 359 g/mol. The molecule has 0 bridgehead atoms. The highest BCUT2D eigenvalue weighted by Gasteiger charge is 2.22. The van der Waals surface area contributed by atoms with Gasteiger partial charge in [-0.3, -0.25) is 4.98 Å². The zero-order chi connectivity index (χ0) is 18.9. The van der Waals surface area contributed by atoms with Gasteiger partial charge < -0.3 is 0 Å². The molecule has 26 heavy (non-hydrogen) atoms. The summed E-state index contributed by atoms with van der Waals surface area (Å²) in [5.74, 6) is 0. The molecule has 0 aliphatic rings. The van der Waals surface area contributed by atoms with Gasteiger partial charge in [0.1, 0.15) is 0 Å². The first-order valence-electron chi connectivity index (χ1n) is 9.33. The molecule has 0 aliphatic heterocycles. The Morgan fingerprint density at radius 1 is 0.769 bits per heavy atom. The van der Waals surface area contributed by atoms with E-state index >= 15 is 0 Å². The summed E-state index contributed by atoms with van der Waals surface area (Å²) >= 11 is 0. The molecule has 0 saturated heterocycles. The van der Waals surface area contributed by atoms with Crippen LogP contribution in [-0.4, -0.2) is 13.1 Å². The van der Waals surface area contributed by atoms with E-state index < -0.39 is 8.07 Å². The van der Waals surface area contributed by atoms with E-state index in [2.05, 4.69) is 101 Å². The van der Waals surface area contributed by atoms with Crippen LogP contribution in [0.2, 0.25) is 19.6 Å². The van der Waals surface area contributed by atoms with Crippen molar-refractivity contribution in [2.75, 3.05) is 0 Å². The molecule has 0 spiro atoms. The van der Waals surface area contributed by atoms with Gasteiger partial charge in [-0.25, -0.2) is 0 Å². The van der Waals surface area contributed by atoms with Gasteiger partial charge >= 0.3 is 0 Å². The Morgan fingerprint density at radius 3 is 1.92 bits per heavy atom. The van der Waals surface area contributed by atoms with Gasteiger partial charge in [-0.15, -0.1) is 0 Å². The topological polar surface area (TPSA) is 12.9 Å². The Labute approximate surface area is 159 Å². The molecule has 0 aliphatic carbocycles. The number of aromatic nitrogens is 1. The highest BCUT2D eigenvalue weighted by molar-refractivity contribution is 6.89. The molecular weight excluding hydrogens is 330 g/mol. The lowest BCUT2D eigenvalue weighted by molar-refractivity contribution is 0.590. The largest absolute Gasteiger partial charge is 0.256 e. The predicted molar refractivity (Wildman–Crippen MR) is 117 cm³/mol. The quantitative estimate of drug-likeness (QED) is 0.503. The number of hydrogen-bond acceptors (Lipinski definition) is 1. The molecule has 0 unspecified atom stereocenters. The minimum absolute atomic E-state index is 0.174. The van der Waals surface area contributed by atoms with Crippen molar-refractivity contribution in [1.82, 2.24) is 4.98 Å². The fourth-order valence-corrected chi connectivity index (χ4v) is 4.68. The van der Waals surface area contributed by atoms with Crippen LogP contribution in [0.3, 0.4) is 0 Å². The van der Waals surface area contributed by atoms with E-state index in [9.17, 15) is 0 Å². The minimum atomic E-state index is -1.50. The number of rotatable bonds is 3. The zero-order valence-electron chi connectivity index (χ0n) is 16.8. The summed E-state index contributed by atoms with van der Waals surface area (Å²) in [5, 5.41) is 1.42. The molecule has 0 atom stereocenters. The van der Waals surface area contributed by atoms with Gasteiger partial charge in [0.15, 0.2) is 0 Å². The molecule has 2 heteroatoms. The average molecular weight is 360 g/mol. The summed E-state index contributed by atoms with van der Waals surface area (Å²) < 4.78 is 0. The standard InChI is InChI=1S/C24H29NSi/c1-24(2,3)20-14-12-18(13-15-20)21-16-22(19-10-8-7-9-11-19)25-17-23(21)26(4,5)6/h7-17H,1-6H3. The summed E-state index contributed by atoms with van der Waals surface area (Å²) in [6.45, 7) is 13.9. The van der Waals surface area contributed by atoms with Crippen molar-refractivity contribution in [3.8, 4) is 22.4 Å². The van der Waals surface area contributed by atoms with Crippen molar-refractivity contribution in [3.05, 3.63) is 72.4 Å². The summed E-state index contributed by atoms with van der Waals surface area (Å²) in [6, 6.07) is 21.8. The van der Waals surface area contributed by atoms with Crippen LogP contribution in [0.15, 0.2) is 66.9 Å². The van der Waals surface area contributed by atoms with E-state index in [0.717, 1.165) is 5.69 Å². The average Bonchev–Trinajstić information content (AvgIpc) is 2.60. The molecule has 134 valence electrons. The van der Waals surface area contributed by atoms with E-state index in [1.807, 2.05) is 6.07 Å². The van der Waals surface area contributed by atoms with Crippen LogP contribution >= 0.6 is 0 Å². The second kappa shape index (κ2) is 6.84. The molecule has 1 heterocycles. The Balaban J connectivity index is 2.14. The number of hydrogen-bond donors (Lipinski definition) is 0. The maximum Gasteiger partial charge on any atom is 0.0804 e. The Hall–Kier alpha value is -2.19. The second-order valence-electron chi connectivity index (χ2n) is 9.06. The number of benzene rings is 2. The van der Waals surface area contributed by atoms with E-state index in [1.165, 1.54) is 27.4 Å². The fourth-order valence-electron chi connectivity index (χ4n) is 3.21. The summed E-state index contributed by atoms with van der Waals surface area (Å²) in [5.41, 5.74) is 6.37. The first-order chi connectivity index (χ1) is 12.2. The third-order valence-electron chi connectivity index (χ3n) is 4.84. The second-order valence-corrected chi connectivity index (χ2v) is 14.1. The van der Waals surface area contributed by atoms with Crippen molar-refractivity contribution in [3.63, 3.8) is 0 Å². The van der Waals surface area contributed by atoms with E-state index in [0.29, 0.717) is 0 Å². The van der Waals surface area contributed by atoms with Gasteiger partial charge in [0, 0.05) is 11.8 Å². The van der Waals surface area contributed by atoms with Gasteiger partial charge in [-0.05, 0) is 33.4 Å². The lowest BCUT2D eigenvalue weighted by Crippen LogP contribution is -2.39. The highest BCUT2D eigenvalue weighted by atomic mass is 28.3. The van der Waals surface area contributed by atoms with Crippen molar-refractivity contribution in [2.24, 2.45) is 0 Å². The molecule has 0 fully saturated rings. The van der Waals surface area contributed by atoms with Gasteiger partial charge in [-0.1, -0.05) is 95.0 Å². The summed E-state index contributed by atoms with van der Waals surface area (Å²) in [6.07, 6.45) is 2.11. The summed E-state index contributed by atoms with van der Waals surface area (Å²) in [4.78, 5) is 4.79. The third kappa shape index (κ3) is 3.96. The van der Waals surface area contributed by atoms with Gasteiger partial charge in [0.2, 0.25) is 0 Å². The maximum absolute atomic E-state index is 4.79. The first-order valence-corrected chi connectivity index (χ1v) is 12.8. The summed E-state index contributed by atoms with van der Waals surface area (Å²) in [7, 11) is -1.50. The van der Waals surface area contributed by atoms with Crippen LogP contribution in [0.1, 0.15) is 26.3 Å². The zero-order valence-corrected chi connectivity index (χ0v) is 17.8. The Kier molecular flexibility index (Phi) is 4.89. The molecule has 0 saturated carbocycles. The van der Waals surface area contributed by atoms with E-state index in [-0.39, 0.29) is 5.41 Å².